The van der Waals surface area contributed by atoms with Crippen molar-refractivity contribution < 1.29 is 9.94 Å². The average molecular weight is 264 g/mol. The van der Waals surface area contributed by atoms with Crippen LogP contribution in [-0.2, 0) is 11.3 Å². The van der Waals surface area contributed by atoms with Gasteiger partial charge in [0.15, 0.2) is 0 Å². The topological polar surface area (TPSA) is 53.9 Å². The van der Waals surface area contributed by atoms with Crippen LogP contribution in [0, 0.1) is 5.92 Å². The van der Waals surface area contributed by atoms with E-state index in [-0.39, 0.29) is 12.8 Å². The summed E-state index contributed by atoms with van der Waals surface area (Å²) in [5, 5.41) is 8.90. The molecule has 1 heterocycles. The normalized spacial score (nSPS) is 17.6. The van der Waals surface area contributed by atoms with Crippen LogP contribution in [0.3, 0.4) is 0 Å². The van der Waals surface area contributed by atoms with E-state index in [1.807, 2.05) is 26.0 Å². The number of hydrogen-bond acceptors (Lipinski definition) is 4. The standard InChI is InChI=1S/C13H18N2O2.C2H6/c1-9(2)7-10-3-5-11(6-4-10)13-14-12(8-16)15-17-13;1-2/h3-6,9,13,16H,7-8H2,1-2H3,(H,14,15);1-2H3. The lowest BCUT2D eigenvalue weighted by Gasteiger charge is -2.08. The predicted octanol–water partition coefficient (Wildman–Crippen LogP) is 2.84. The van der Waals surface area contributed by atoms with Crippen LogP contribution in [-0.4, -0.2) is 17.5 Å². The summed E-state index contributed by atoms with van der Waals surface area (Å²) < 4.78 is 0. The van der Waals surface area contributed by atoms with Crippen molar-refractivity contribution in [2.24, 2.45) is 10.9 Å². The first kappa shape index (κ1) is 15.7. The third-order valence-electron chi connectivity index (χ3n) is 2.62. The fourth-order valence-electron chi connectivity index (χ4n) is 1.82. The van der Waals surface area contributed by atoms with Crippen LogP contribution in [0.1, 0.15) is 45.0 Å². The maximum Gasteiger partial charge on any atom is 0.202 e. The first-order chi connectivity index (χ1) is 9.19. The maximum absolute atomic E-state index is 8.90. The van der Waals surface area contributed by atoms with E-state index in [0.29, 0.717) is 11.8 Å². The quantitative estimate of drug-likeness (QED) is 0.879. The number of aliphatic hydroxyl groups excluding tert-OH is 1. The van der Waals surface area contributed by atoms with Gasteiger partial charge in [0.05, 0.1) is 0 Å². The highest BCUT2D eigenvalue weighted by Gasteiger charge is 2.18. The van der Waals surface area contributed by atoms with Crippen molar-refractivity contribution in [3.63, 3.8) is 0 Å². The monoisotopic (exact) mass is 264 g/mol. The van der Waals surface area contributed by atoms with E-state index < -0.39 is 0 Å². The molecule has 0 spiro atoms. The van der Waals surface area contributed by atoms with E-state index in [2.05, 4.69) is 36.5 Å². The van der Waals surface area contributed by atoms with Gasteiger partial charge in [0, 0.05) is 5.56 Å². The largest absolute Gasteiger partial charge is 0.388 e. The van der Waals surface area contributed by atoms with Gasteiger partial charge >= 0.3 is 0 Å². The molecule has 1 aromatic rings. The third kappa shape index (κ3) is 4.65. The molecule has 0 amide bonds. The van der Waals surface area contributed by atoms with Crippen molar-refractivity contribution in [3.05, 3.63) is 35.4 Å². The van der Waals surface area contributed by atoms with Crippen LogP contribution in [0.5, 0.6) is 0 Å². The second kappa shape index (κ2) is 7.92. The Kier molecular flexibility index (Phi) is 6.53. The summed E-state index contributed by atoms with van der Waals surface area (Å²) in [6, 6.07) is 8.25. The summed E-state index contributed by atoms with van der Waals surface area (Å²) >= 11 is 0. The average Bonchev–Trinajstić information content (AvgIpc) is 2.90. The molecular weight excluding hydrogens is 240 g/mol. The zero-order chi connectivity index (χ0) is 14.3. The molecule has 0 bridgehead atoms. The molecule has 2 rings (SSSR count). The lowest BCUT2D eigenvalue weighted by Crippen LogP contribution is -2.20. The number of nitrogens with zero attached hydrogens (tertiary/aromatic N) is 1. The second-order valence-corrected chi connectivity index (χ2v) is 4.65. The summed E-state index contributed by atoms with van der Waals surface area (Å²) in [6.07, 6.45) is 0.736. The highest BCUT2D eigenvalue weighted by molar-refractivity contribution is 5.83. The Morgan fingerprint density at radius 2 is 1.89 bits per heavy atom. The number of aliphatic hydroxyl groups is 1. The number of hydroxylamine groups is 1. The number of nitrogens with one attached hydrogen (secondary N) is 1. The minimum Gasteiger partial charge on any atom is -0.388 e. The molecule has 2 N–H and O–H groups in total. The van der Waals surface area contributed by atoms with Crippen LogP contribution < -0.4 is 5.48 Å². The zero-order valence-corrected chi connectivity index (χ0v) is 12.2. The van der Waals surface area contributed by atoms with Crippen molar-refractivity contribution >= 4 is 5.84 Å². The summed E-state index contributed by atoms with van der Waals surface area (Å²) in [6.45, 7) is 8.29. The highest BCUT2D eigenvalue weighted by Crippen LogP contribution is 2.22. The van der Waals surface area contributed by atoms with E-state index in [1.165, 1.54) is 5.56 Å². The van der Waals surface area contributed by atoms with Gasteiger partial charge in [0.25, 0.3) is 0 Å². The van der Waals surface area contributed by atoms with Crippen molar-refractivity contribution in [1.29, 1.82) is 0 Å². The molecule has 1 unspecified atom stereocenters. The summed E-state index contributed by atoms with van der Waals surface area (Å²) in [5.41, 5.74) is 4.92. The van der Waals surface area contributed by atoms with Gasteiger partial charge in [0.1, 0.15) is 12.4 Å². The Morgan fingerprint density at radius 1 is 1.26 bits per heavy atom. The predicted molar refractivity (Wildman–Crippen MR) is 77.8 cm³/mol. The molecule has 0 radical (unpaired) electrons. The number of hydrogen-bond donors (Lipinski definition) is 2. The Morgan fingerprint density at radius 3 is 2.37 bits per heavy atom. The Labute approximate surface area is 115 Å². The number of aliphatic imine (C=N–C) groups is 1. The molecule has 0 saturated carbocycles. The summed E-state index contributed by atoms with van der Waals surface area (Å²) in [7, 11) is 0. The van der Waals surface area contributed by atoms with Crippen LogP contribution >= 0.6 is 0 Å². The molecule has 19 heavy (non-hydrogen) atoms. The lowest BCUT2D eigenvalue weighted by atomic mass is 10.0. The van der Waals surface area contributed by atoms with E-state index >= 15 is 0 Å². The summed E-state index contributed by atoms with van der Waals surface area (Å²) in [4.78, 5) is 9.45. The highest BCUT2D eigenvalue weighted by atomic mass is 16.7. The molecule has 4 heteroatoms. The molecular formula is C15H24N2O2. The maximum atomic E-state index is 8.90. The fraction of sp³-hybridized carbons (Fsp3) is 0.533. The Balaban J connectivity index is 0.000000861. The smallest absolute Gasteiger partial charge is 0.202 e. The SMILES string of the molecule is CC.CC(C)Cc1ccc(C2N=C(CO)NO2)cc1. The van der Waals surface area contributed by atoms with Crippen LogP contribution in [0.4, 0.5) is 0 Å². The second-order valence-electron chi connectivity index (χ2n) is 4.65. The van der Waals surface area contributed by atoms with E-state index in [9.17, 15) is 0 Å². The minimum atomic E-state index is -0.342. The van der Waals surface area contributed by atoms with Gasteiger partial charge in [0.2, 0.25) is 6.23 Å². The van der Waals surface area contributed by atoms with Gasteiger partial charge in [-0.3, -0.25) is 0 Å². The first-order valence-electron chi connectivity index (χ1n) is 6.87. The molecule has 0 aromatic heterocycles. The molecule has 0 aliphatic carbocycles. The number of benzene rings is 1. The van der Waals surface area contributed by atoms with E-state index in [0.717, 1.165) is 12.0 Å². The van der Waals surface area contributed by atoms with Crippen LogP contribution in [0.15, 0.2) is 29.3 Å². The van der Waals surface area contributed by atoms with Gasteiger partial charge in [-0.15, -0.1) is 0 Å². The van der Waals surface area contributed by atoms with Crippen molar-refractivity contribution in [1.82, 2.24) is 5.48 Å². The van der Waals surface area contributed by atoms with Gasteiger partial charge < -0.3 is 5.11 Å². The molecule has 106 valence electrons. The van der Waals surface area contributed by atoms with Crippen molar-refractivity contribution in [2.45, 2.75) is 40.3 Å². The van der Waals surface area contributed by atoms with Crippen LogP contribution in [0.25, 0.3) is 0 Å². The number of rotatable bonds is 4. The number of amidine groups is 1. The Hall–Kier alpha value is -1.39. The summed E-state index contributed by atoms with van der Waals surface area (Å²) in [5.74, 6) is 1.13. The van der Waals surface area contributed by atoms with Gasteiger partial charge in [-0.25, -0.2) is 15.3 Å². The minimum absolute atomic E-state index is 0.123. The first-order valence-corrected chi connectivity index (χ1v) is 6.87. The molecule has 4 nitrogen and oxygen atoms in total. The zero-order valence-electron chi connectivity index (χ0n) is 12.2. The third-order valence-corrected chi connectivity index (χ3v) is 2.62. The van der Waals surface area contributed by atoms with Gasteiger partial charge in [-0.1, -0.05) is 52.0 Å². The van der Waals surface area contributed by atoms with Gasteiger partial charge in [-0.05, 0) is 17.9 Å². The van der Waals surface area contributed by atoms with Crippen LogP contribution in [0.2, 0.25) is 0 Å². The molecule has 1 aliphatic rings. The fourth-order valence-corrected chi connectivity index (χ4v) is 1.82. The lowest BCUT2D eigenvalue weighted by molar-refractivity contribution is 0.0362. The molecule has 0 saturated heterocycles. The molecule has 1 aromatic carbocycles. The molecule has 1 atom stereocenters. The van der Waals surface area contributed by atoms with Gasteiger partial charge in [-0.2, -0.15) is 0 Å². The molecule has 1 aliphatic heterocycles. The van der Waals surface area contributed by atoms with Crippen molar-refractivity contribution in [3.8, 4) is 0 Å². The van der Waals surface area contributed by atoms with E-state index in [1.54, 1.807) is 0 Å². The van der Waals surface area contributed by atoms with Crippen molar-refractivity contribution in [2.75, 3.05) is 6.61 Å². The van der Waals surface area contributed by atoms with E-state index in [4.69, 9.17) is 9.94 Å². The Bertz CT molecular complexity index is 399. The molecule has 0 fully saturated rings.